The van der Waals surface area contributed by atoms with Crippen LogP contribution in [0.2, 0.25) is 0 Å². The minimum Gasteiger partial charge on any atom is -0.512 e. The smallest absolute Gasteiger partial charge is 0.338 e. The van der Waals surface area contributed by atoms with Crippen LogP contribution < -0.4 is 0 Å². The van der Waals surface area contributed by atoms with Gasteiger partial charge in [0.05, 0.1) is 36.5 Å². The van der Waals surface area contributed by atoms with Gasteiger partial charge in [-0.3, -0.25) is 24.0 Å². The Bertz CT molecular complexity index is 2130. The topological polar surface area (TPSA) is 239 Å². The van der Waals surface area contributed by atoms with Crippen molar-refractivity contribution in [3.8, 4) is 0 Å². The van der Waals surface area contributed by atoms with E-state index in [1.165, 1.54) is 32.6 Å². The highest BCUT2D eigenvalue weighted by atomic mass is 16.9. The minimum absolute atomic E-state index is 0.168. The Morgan fingerprint density at radius 2 is 1.54 bits per heavy atom. The number of aliphatic hydroxyl groups excluding tert-OH is 1. The van der Waals surface area contributed by atoms with E-state index in [0.717, 1.165) is 20.8 Å². The maximum atomic E-state index is 14.8. The lowest BCUT2D eigenvalue weighted by Crippen LogP contribution is -2.97. The summed E-state index contributed by atoms with van der Waals surface area (Å²) < 4.78 is 64.1. The summed E-state index contributed by atoms with van der Waals surface area (Å²) >= 11 is 0. The van der Waals surface area contributed by atoms with Crippen molar-refractivity contribution in [2.24, 2.45) is 34.0 Å². The molecule has 0 radical (unpaired) electrons. The zero-order chi connectivity index (χ0) is 44.8. The third-order valence-electron chi connectivity index (χ3n) is 15.7. The van der Waals surface area contributed by atoms with Gasteiger partial charge in [-0.25, -0.2) is 4.79 Å². The molecule has 0 amide bonds. The molecule has 18 heteroatoms. The monoisotopic (exact) mass is 858 g/mol. The van der Waals surface area contributed by atoms with E-state index in [1.54, 1.807) is 41.5 Å². The van der Waals surface area contributed by atoms with E-state index in [0.29, 0.717) is 6.42 Å². The van der Waals surface area contributed by atoms with E-state index < -0.39 is 146 Å². The molecule has 4 heterocycles. The lowest BCUT2D eigenvalue weighted by atomic mass is 9.32. The number of hydrogen-bond acceptors (Lipinski definition) is 18. The summed E-state index contributed by atoms with van der Waals surface area (Å²) in [7, 11) is 1.19. The first-order valence-electron chi connectivity index (χ1n) is 20.7. The molecule has 1 aromatic rings. The Labute approximate surface area is 351 Å². The second-order valence-electron chi connectivity index (χ2n) is 18.6. The lowest BCUT2D eigenvalue weighted by molar-refractivity contribution is -0.490. The zero-order valence-corrected chi connectivity index (χ0v) is 36.1. The molecule has 18 nitrogen and oxygen atoms in total. The van der Waals surface area contributed by atoms with Gasteiger partial charge in [0.15, 0.2) is 35.1 Å². The molecule has 1 aromatic heterocycles. The van der Waals surface area contributed by atoms with Crippen LogP contribution in [0.1, 0.15) is 107 Å². The molecule has 4 aliphatic carbocycles. The second-order valence-corrected chi connectivity index (χ2v) is 18.6. The normalized spacial score (nSPS) is 47.0. The van der Waals surface area contributed by atoms with Crippen molar-refractivity contribution in [2.45, 2.75) is 154 Å². The van der Waals surface area contributed by atoms with Gasteiger partial charge in [0.2, 0.25) is 0 Å². The van der Waals surface area contributed by atoms with Crippen molar-refractivity contribution >= 4 is 35.8 Å². The highest BCUT2D eigenvalue weighted by Gasteiger charge is 3.07. The third-order valence-corrected chi connectivity index (χ3v) is 15.7. The van der Waals surface area contributed by atoms with Crippen molar-refractivity contribution < 1.29 is 86.0 Å². The van der Waals surface area contributed by atoms with Gasteiger partial charge in [-0.05, 0) is 24.8 Å². The Morgan fingerprint density at radius 3 is 2.10 bits per heavy atom. The van der Waals surface area contributed by atoms with Crippen LogP contribution in [0.3, 0.4) is 0 Å². The summed E-state index contributed by atoms with van der Waals surface area (Å²) in [5.74, 6) is -11.5. The number of fused-ring (bicyclic) bond motifs is 3. The molecule has 8 rings (SSSR count). The minimum atomic E-state index is -2.63. The predicted octanol–water partition coefficient (Wildman–Crippen LogP) is 3.81. The molecule has 7 aliphatic rings. The fraction of sp³-hybridized carbons (Fsp3) is 0.721. The zero-order valence-electron chi connectivity index (χ0n) is 36.1. The largest absolute Gasteiger partial charge is 0.512 e. The van der Waals surface area contributed by atoms with E-state index in [1.807, 2.05) is 0 Å². The average molecular weight is 859 g/mol. The van der Waals surface area contributed by atoms with Gasteiger partial charge in [-0.15, -0.1) is 0 Å². The molecule has 3 saturated heterocycles. The molecule has 16 atom stereocenters. The van der Waals surface area contributed by atoms with Gasteiger partial charge in [0, 0.05) is 62.8 Å². The summed E-state index contributed by atoms with van der Waals surface area (Å²) in [5.41, 5.74) is -15.0. The molecule has 1 unspecified atom stereocenters. The van der Waals surface area contributed by atoms with Crippen LogP contribution in [0.25, 0.3) is 0 Å². The summed E-state index contributed by atoms with van der Waals surface area (Å²) in [6, 6.07) is 1.51. The fourth-order valence-corrected chi connectivity index (χ4v) is 13.8. The van der Waals surface area contributed by atoms with Gasteiger partial charge in [0.25, 0.3) is 5.97 Å². The van der Waals surface area contributed by atoms with Crippen molar-refractivity contribution in [3.05, 3.63) is 35.5 Å². The number of ether oxygens (including phenoxy) is 9. The summed E-state index contributed by atoms with van der Waals surface area (Å²) in [4.78, 5) is 83.9. The molecule has 7 fully saturated rings. The Hall–Kier alpha value is -4.52. The number of rotatable bonds is 10. The number of allylic oxidation sites excluding steroid dienone is 1. The Kier molecular flexibility index (Phi) is 9.37. The highest BCUT2D eigenvalue weighted by molar-refractivity contribution is 5.92. The van der Waals surface area contributed by atoms with E-state index in [4.69, 9.17) is 47.0 Å². The first-order chi connectivity index (χ1) is 28.4. The van der Waals surface area contributed by atoms with Crippen LogP contribution in [0.4, 0.5) is 0 Å². The molecule has 2 spiro atoms. The molecule has 61 heavy (non-hydrogen) atoms. The van der Waals surface area contributed by atoms with Crippen LogP contribution in [0.5, 0.6) is 0 Å². The van der Waals surface area contributed by atoms with Crippen LogP contribution >= 0.6 is 0 Å². The molecule has 3 aliphatic heterocycles. The summed E-state index contributed by atoms with van der Waals surface area (Å²) in [6.45, 7) is 14.7. The molecule has 2 N–H and O–H groups in total. The van der Waals surface area contributed by atoms with Gasteiger partial charge < -0.3 is 57.3 Å². The fourth-order valence-electron chi connectivity index (χ4n) is 13.8. The molecule has 4 saturated carbocycles. The molecular weight excluding hydrogens is 804 g/mol. The van der Waals surface area contributed by atoms with E-state index in [-0.39, 0.29) is 18.4 Å². The first-order valence-corrected chi connectivity index (χ1v) is 20.7. The number of aliphatic hydroxyl groups is 2. The first kappa shape index (κ1) is 43.1. The van der Waals surface area contributed by atoms with Crippen LogP contribution in [0.15, 0.2) is 34.3 Å². The number of hydrogen-bond donors (Lipinski definition) is 2. The second kappa shape index (κ2) is 13.3. The van der Waals surface area contributed by atoms with Crippen molar-refractivity contribution in [1.82, 2.24) is 0 Å². The van der Waals surface area contributed by atoms with Crippen molar-refractivity contribution in [3.63, 3.8) is 0 Å². The Morgan fingerprint density at radius 1 is 0.902 bits per heavy atom. The number of methoxy groups -OCH3 is 1. The number of cyclic esters (lactones) is 1. The van der Waals surface area contributed by atoms with Crippen LogP contribution in [-0.2, 0) is 71.4 Å². The van der Waals surface area contributed by atoms with E-state index in [2.05, 4.69) is 0 Å². The van der Waals surface area contributed by atoms with Gasteiger partial charge >= 0.3 is 35.8 Å². The third kappa shape index (κ3) is 4.77. The number of esters is 6. The molecule has 334 valence electrons. The van der Waals surface area contributed by atoms with Gasteiger partial charge in [-0.1, -0.05) is 41.5 Å². The van der Waals surface area contributed by atoms with Crippen molar-refractivity contribution in [1.29, 1.82) is 0 Å². The lowest BCUT2D eigenvalue weighted by Gasteiger charge is -2.78. The maximum absolute atomic E-state index is 14.8. The number of carbonyl (C=O) groups excluding carboxylic acids is 6. The SMILES string of the molecule is CCC(O)=C1C(=O)O[C@@H](c2ccoc2)[C@@]2(C)[C@@H]1[C@@]13O[C@@]4(C)O[C@@]56C[C@](C)([C@H](OC(=O)C(C)CC)[C@]5(O)[C@H]1OC(C)=O)[C@H](CC(=O)OC)[C@@]6(C)[C@@]3(O4)[C@H](OC(C)=O)[C@@H]2OC(C)=O. The summed E-state index contributed by atoms with van der Waals surface area (Å²) in [6.07, 6.45) is -6.44. The van der Waals surface area contributed by atoms with Gasteiger partial charge in [-0.2, -0.15) is 0 Å². The Balaban J connectivity index is 1.61. The van der Waals surface area contributed by atoms with Crippen LogP contribution in [0, 0.1) is 34.0 Å². The average Bonchev–Trinajstić information content (AvgIpc) is 3.88. The quantitative estimate of drug-likeness (QED) is 0.147. The predicted molar refractivity (Wildman–Crippen MR) is 201 cm³/mol. The maximum Gasteiger partial charge on any atom is 0.338 e. The van der Waals surface area contributed by atoms with E-state index >= 15 is 0 Å². The highest BCUT2D eigenvalue weighted by Crippen LogP contribution is 2.90. The molecular formula is C43H54O18. The molecule has 0 aromatic carbocycles. The van der Waals surface area contributed by atoms with Gasteiger partial charge in [0.1, 0.15) is 23.6 Å². The molecule has 4 bridgehead atoms. The standard InChI is InChI=1S/C43H54O18/c1-12-19(3)32(49)58-34-36(7)18-40-38(9,25(36)16-26(48)52-11)43-31(55-21(5)45)30(54-20(4)44)37(8)28(27(24(47)13-2)33(50)57-29(37)23-14-15-53-17-23)42(43,60-39(10,59-40)61-43)35(41(34,40)51)56-22(6)46/h14-15,17,19,25,28-31,34-35,47,51H,12-13,16,18H2,1-11H3/t19?,25-,28+,29-,30-,31+,34-,35+,36-,37+,38+,39+,40+,41-,42+,43-/m0/s1. The van der Waals surface area contributed by atoms with Crippen LogP contribution in [-0.4, -0.2) is 106 Å². The van der Waals surface area contributed by atoms with Crippen molar-refractivity contribution in [2.75, 3.05) is 7.11 Å². The number of carbonyl (C=O) groups is 6. The number of furan rings is 1. The summed E-state index contributed by atoms with van der Waals surface area (Å²) in [5, 5.41) is 26.3. The van der Waals surface area contributed by atoms with E-state index in [9.17, 15) is 39.0 Å².